The lowest BCUT2D eigenvalue weighted by atomic mass is 9.92. The Hall–Kier alpha value is -3.83. The number of halogens is 2. The fourth-order valence-corrected chi connectivity index (χ4v) is 7.08. The zero-order valence-electron chi connectivity index (χ0n) is 20.6. The van der Waals surface area contributed by atoms with Crippen LogP contribution >= 0.6 is 11.8 Å². The molecule has 0 saturated carbocycles. The van der Waals surface area contributed by atoms with Gasteiger partial charge in [-0.2, -0.15) is 0 Å². The van der Waals surface area contributed by atoms with Gasteiger partial charge in [-0.3, -0.25) is 19.3 Å². The number of pyridine rings is 1. The largest absolute Gasteiger partial charge is 0.502 e. The van der Waals surface area contributed by atoms with E-state index < -0.39 is 40.3 Å². The number of thioether (sulfide) groups is 1. The average Bonchev–Trinajstić information content (AvgIpc) is 3.33. The summed E-state index contributed by atoms with van der Waals surface area (Å²) >= 11 is 1.38. The normalized spacial score (nSPS) is 24.3. The van der Waals surface area contributed by atoms with Gasteiger partial charge in [0.25, 0.3) is 5.91 Å². The van der Waals surface area contributed by atoms with Crippen LogP contribution in [0.4, 0.5) is 8.78 Å². The summed E-state index contributed by atoms with van der Waals surface area (Å²) in [6, 6.07) is 9.04. The second-order valence-electron chi connectivity index (χ2n) is 9.95. The van der Waals surface area contributed by atoms with Gasteiger partial charge in [0.15, 0.2) is 23.1 Å². The molecule has 1 amide bonds. The van der Waals surface area contributed by atoms with Crippen LogP contribution in [0.2, 0.25) is 0 Å². The summed E-state index contributed by atoms with van der Waals surface area (Å²) in [5.41, 5.74) is -0.391. The molecule has 1 N–H and O–H groups in total. The molecule has 4 aliphatic rings. The van der Waals surface area contributed by atoms with E-state index in [4.69, 9.17) is 9.47 Å². The molecule has 3 aromatic rings. The van der Waals surface area contributed by atoms with Gasteiger partial charge in [0.1, 0.15) is 25.1 Å². The number of fused-ring (bicyclic) bond motifs is 8. The van der Waals surface area contributed by atoms with E-state index in [1.807, 2.05) is 30.3 Å². The third-order valence-electron chi connectivity index (χ3n) is 7.88. The summed E-state index contributed by atoms with van der Waals surface area (Å²) in [5.74, 6) is -2.82. The van der Waals surface area contributed by atoms with Gasteiger partial charge in [-0.05, 0) is 17.7 Å². The van der Waals surface area contributed by atoms with Crippen LogP contribution in [0.15, 0.2) is 64.4 Å². The van der Waals surface area contributed by atoms with Crippen molar-refractivity contribution in [2.45, 2.75) is 28.6 Å². The van der Waals surface area contributed by atoms with Gasteiger partial charge in [0.2, 0.25) is 5.43 Å². The van der Waals surface area contributed by atoms with Crippen molar-refractivity contribution in [3.05, 3.63) is 99.0 Å². The van der Waals surface area contributed by atoms with E-state index >= 15 is 4.39 Å². The first-order chi connectivity index (χ1) is 18.9. The maximum atomic E-state index is 15.5. The Bertz CT molecular complexity index is 1620. The number of hydrogen-bond acceptors (Lipinski definition) is 7. The lowest BCUT2D eigenvalue weighted by Crippen LogP contribution is -2.62. The van der Waals surface area contributed by atoms with Crippen molar-refractivity contribution < 1.29 is 28.2 Å². The number of aromatic hydroxyl groups is 1. The Morgan fingerprint density at radius 3 is 2.82 bits per heavy atom. The molecule has 0 radical (unpaired) electrons. The van der Waals surface area contributed by atoms with E-state index in [2.05, 4.69) is 0 Å². The zero-order valence-corrected chi connectivity index (χ0v) is 21.4. The smallest absolute Gasteiger partial charge is 0.278 e. The molecule has 39 heavy (non-hydrogen) atoms. The van der Waals surface area contributed by atoms with Crippen LogP contribution in [0, 0.1) is 11.6 Å². The van der Waals surface area contributed by atoms with Gasteiger partial charge in [0.05, 0.1) is 12.1 Å². The van der Waals surface area contributed by atoms with E-state index in [1.54, 1.807) is 16.0 Å². The standard InChI is InChI=1S/C28H23F2N3O5S/c29-18-12-20-22-17(23(18)30)13-39-21-5-2-1-4-16(21)24(22)33-15-31(28(7-3-10-38-20)8-11-37-14-28)27(36)25-26(35)19(34)6-9-32(25)33/h1-7,9,12,24,35H,8,10-11,13-15H2/b7-3+/t24-,28-/m1/s1. The van der Waals surface area contributed by atoms with Gasteiger partial charge >= 0.3 is 0 Å². The van der Waals surface area contributed by atoms with E-state index in [0.29, 0.717) is 18.6 Å². The second kappa shape index (κ2) is 8.85. The predicted octanol–water partition coefficient (Wildman–Crippen LogP) is 3.69. The molecule has 4 aliphatic heterocycles. The maximum Gasteiger partial charge on any atom is 0.278 e. The number of hydrogen-bond donors (Lipinski definition) is 1. The summed E-state index contributed by atoms with van der Waals surface area (Å²) in [5, 5.41) is 12.7. The first kappa shape index (κ1) is 24.2. The Morgan fingerprint density at radius 2 is 2.00 bits per heavy atom. The summed E-state index contributed by atoms with van der Waals surface area (Å²) < 4.78 is 43.7. The van der Waals surface area contributed by atoms with Crippen molar-refractivity contribution in [2.75, 3.05) is 31.5 Å². The summed E-state index contributed by atoms with van der Waals surface area (Å²) in [4.78, 5) is 29.0. The lowest BCUT2D eigenvalue weighted by molar-refractivity contribution is 0.0428. The second-order valence-corrected chi connectivity index (χ2v) is 11.0. The third-order valence-corrected chi connectivity index (χ3v) is 8.99. The van der Waals surface area contributed by atoms with Crippen molar-refractivity contribution in [1.29, 1.82) is 0 Å². The molecule has 1 saturated heterocycles. The Labute approximate surface area is 226 Å². The molecule has 7 rings (SSSR count). The molecule has 5 heterocycles. The fourth-order valence-electron chi connectivity index (χ4n) is 5.97. The lowest BCUT2D eigenvalue weighted by Gasteiger charge is -2.49. The molecule has 1 spiro atoms. The highest BCUT2D eigenvalue weighted by molar-refractivity contribution is 7.98. The number of amides is 1. The first-order valence-corrected chi connectivity index (χ1v) is 13.5. The SMILES string of the molecule is O=C1c2c(O)c(=O)ccn2N2CN1[C@]1(/C=C/COc3cc(F)c(F)c4c3[C@H]2c2ccccc2SC4)CCOC1. The molecule has 200 valence electrons. The minimum atomic E-state index is -1.01. The van der Waals surface area contributed by atoms with Crippen LogP contribution in [0.1, 0.15) is 39.6 Å². The van der Waals surface area contributed by atoms with Crippen molar-refractivity contribution in [3.8, 4) is 11.5 Å². The number of ether oxygens (including phenoxy) is 2. The molecular weight excluding hydrogens is 528 g/mol. The predicted molar refractivity (Wildman–Crippen MR) is 139 cm³/mol. The van der Waals surface area contributed by atoms with Crippen LogP contribution in [0.5, 0.6) is 11.5 Å². The number of aromatic nitrogens is 1. The number of carbonyl (C=O) groups is 1. The van der Waals surface area contributed by atoms with Crippen LogP contribution in [-0.4, -0.2) is 52.6 Å². The number of rotatable bonds is 0. The Kier molecular flexibility index (Phi) is 5.50. The van der Waals surface area contributed by atoms with Crippen molar-refractivity contribution in [3.63, 3.8) is 0 Å². The molecule has 1 aromatic heterocycles. The van der Waals surface area contributed by atoms with Crippen molar-refractivity contribution in [2.24, 2.45) is 0 Å². The minimum absolute atomic E-state index is 0.0172. The van der Waals surface area contributed by atoms with Gasteiger partial charge < -0.3 is 19.5 Å². The third kappa shape index (κ3) is 3.52. The highest BCUT2D eigenvalue weighted by Gasteiger charge is 2.48. The molecule has 11 heteroatoms. The molecule has 1 fully saturated rings. The molecule has 2 bridgehead atoms. The topological polar surface area (TPSA) is 84.2 Å². The quantitative estimate of drug-likeness (QED) is 0.427. The van der Waals surface area contributed by atoms with E-state index in [9.17, 15) is 19.1 Å². The Morgan fingerprint density at radius 1 is 1.15 bits per heavy atom. The van der Waals surface area contributed by atoms with Crippen LogP contribution in [0.25, 0.3) is 0 Å². The van der Waals surface area contributed by atoms with E-state index in [1.165, 1.54) is 28.7 Å². The van der Waals surface area contributed by atoms with Crippen LogP contribution in [-0.2, 0) is 10.5 Å². The van der Waals surface area contributed by atoms with Crippen molar-refractivity contribution in [1.82, 2.24) is 9.58 Å². The molecule has 2 atom stereocenters. The number of nitrogens with zero attached hydrogens (tertiary/aromatic N) is 3. The van der Waals surface area contributed by atoms with E-state index in [0.717, 1.165) is 16.5 Å². The highest BCUT2D eigenvalue weighted by atomic mass is 32.2. The van der Waals surface area contributed by atoms with Gasteiger partial charge in [-0.1, -0.05) is 24.3 Å². The molecule has 0 aliphatic carbocycles. The van der Waals surface area contributed by atoms with Crippen LogP contribution < -0.4 is 15.2 Å². The van der Waals surface area contributed by atoms with Gasteiger partial charge in [0, 0.05) is 53.1 Å². The summed E-state index contributed by atoms with van der Waals surface area (Å²) in [6.07, 6.45) is 5.49. The molecule has 0 unspecified atom stereocenters. The monoisotopic (exact) mass is 551 g/mol. The summed E-state index contributed by atoms with van der Waals surface area (Å²) in [7, 11) is 0. The van der Waals surface area contributed by atoms with Gasteiger partial charge in [-0.15, -0.1) is 11.8 Å². The molecular formula is C28H23F2N3O5S. The van der Waals surface area contributed by atoms with Crippen molar-refractivity contribution >= 4 is 17.7 Å². The first-order valence-electron chi connectivity index (χ1n) is 12.5. The minimum Gasteiger partial charge on any atom is -0.502 e. The van der Waals surface area contributed by atoms with Gasteiger partial charge in [-0.25, -0.2) is 8.78 Å². The molecule has 2 aromatic carbocycles. The maximum absolute atomic E-state index is 15.5. The zero-order chi connectivity index (χ0) is 26.9. The molecule has 8 nitrogen and oxygen atoms in total. The average molecular weight is 552 g/mol. The highest BCUT2D eigenvalue weighted by Crippen LogP contribution is 2.48. The number of carbonyl (C=O) groups excluding carboxylic acids is 1. The fraction of sp³-hybridized carbons (Fsp3) is 0.286. The van der Waals surface area contributed by atoms with Crippen LogP contribution in [0.3, 0.4) is 0 Å². The summed E-state index contributed by atoms with van der Waals surface area (Å²) in [6.45, 7) is 0.688. The number of benzene rings is 2. The Balaban J connectivity index is 1.58. The van der Waals surface area contributed by atoms with E-state index in [-0.39, 0.29) is 42.6 Å².